The molecule has 2 aromatic heterocycles. The van der Waals surface area contributed by atoms with E-state index in [1.54, 1.807) is 0 Å². The number of fused-ring (bicyclic) bond motifs is 13. The Morgan fingerprint density at radius 1 is 0.280 bits per heavy atom. The third-order valence-corrected chi connectivity index (χ3v) is 10.6. The van der Waals surface area contributed by atoms with Gasteiger partial charge in [-0.05, 0) is 80.5 Å². The lowest BCUT2D eigenvalue weighted by Gasteiger charge is -2.13. The maximum absolute atomic E-state index is 2.53. The molecule has 0 N–H and O–H groups in total. The van der Waals surface area contributed by atoms with E-state index in [2.05, 4.69) is 191 Å². The summed E-state index contributed by atoms with van der Waals surface area (Å²) >= 11 is 0. The van der Waals surface area contributed by atoms with E-state index in [1.807, 2.05) is 0 Å². The molecule has 0 saturated carbocycles. The molecule has 0 fully saturated rings. The summed E-state index contributed by atoms with van der Waals surface area (Å²) in [6.07, 6.45) is 0. The molecule has 0 aliphatic rings. The van der Waals surface area contributed by atoms with Crippen molar-refractivity contribution in [2.45, 2.75) is 0 Å². The number of rotatable bonds is 3. The van der Waals surface area contributed by atoms with Crippen LogP contribution in [0.4, 0.5) is 0 Å². The highest BCUT2D eigenvalue weighted by Gasteiger charge is 2.25. The first kappa shape index (κ1) is 27.3. The molecule has 2 heterocycles. The first-order valence-corrected chi connectivity index (χ1v) is 17.3. The van der Waals surface area contributed by atoms with Crippen molar-refractivity contribution in [3.8, 4) is 22.5 Å². The van der Waals surface area contributed by atoms with Gasteiger partial charge >= 0.3 is 0 Å². The van der Waals surface area contributed by atoms with E-state index in [1.165, 1.54) is 87.1 Å². The predicted molar refractivity (Wildman–Crippen MR) is 213 cm³/mol. The van der Waals surface area contributed by atoms with Gasteiger partial charge in [0.15, 0.2) is 0 Å². The van der Waals surface area contributed by atoms with Crippen molar-refractivity contribution in [2.24, 2.45) is 0 Å². The smallest absolute Gasteiger partial charge is 0.0648 e. The highest BCUT2D eigenvalue weighted by molar-refractivity contribution is 6.39. The second kappa shape index (κ2) is 10.4. The normalized spacial score (nSPS) is 12.0. The van der Waals surface area contributed by atoms with Crippen LogP contribution in [0.25, 0.3) is 98.4 Å². The maximum Gasteiger partial charge on any atom is 0.0648 e. The number of aromatic nitrogens is 2. The molecule has 0 spiro atoms. The van der Waals surface area contributed by atoms with Crippen LogP contribution in [0.2, 0.25) is 0 Å². The summed E-state index contributed by atoms with van der Waals surface area (Å²) < 4.78 is 4.99. The minimum absolute atomic E-state index is 1.15. The summed E-state index contributed by atoms with van der Waals surface area (Å²) in [5, 5.41) is 12.7. The Hall–Kier alpha value is -6.64. The SMILES string of the molecule is c1ccc(-n2c3ccccc3c3c2c2ccccc2c2c4c5ccccc5ccc4n(-c4ccc(-c5ccc6ccccc6c5)cc4)c23)cc1. The van der Waals surface area contributed by atoms with Gasteiger partial charge in [-0.2, -0.15) is 0 Å². The zero-order valence-electron chi connectivity index (χ0n) is 27.2. The molecule has 0 atom stereocenters. The van der Waals surface area contributed by atoms with Crippen molar-refractivity contribution in [1.29, 1.82) is 0 Å². The van der Waals surface area contributed by atoms with Gasteiger partial charge in [-0.25, -0.2) is 0 Å². The molecule has 0 saturated heterocycles. The van der Waals surface area contributed by atoms with Crippen LogP contribution in [-0.2, 0) is 0 Å². The van der Waals surface area contributed by atoms with E-state index >= 15 is 0 Å². The summed E-state index contributed by atoms with van der Waals surface area (Å²) in [7, 11) is 0. The fourth-order valence-electron chi connectivity index (χ4n) is 8.49. The van der Waals surface area contributed by atoms with Gasteiger partial charge < -0.3 is 9.13 Å². The molecule has 0 aliphatic carbocycles. The average molecular weight is 635 g/mol. The standard InChI is InChI=1S/C48H30N2/c1-2-15-36(16-3-1)49-42-21-11-10-20-41(42)46-47(49)40-19-9-8-18-39(40)45-44-38-17-7-6-13-33(38)26-29-43(44)50(48(45)46)37-27-24-32(25-28-37)35-23-22-31-12-4-5-14-34(31)30-35/h1-30H. The second-order valence-corrected chi connectivity index (χ2v) is 13.3. The van der Waals surface area contributed by atoms with Gasteiger partial charge in [0.05, 0.1) is 22.1 Å². The van der Waals surface area contributed by atoms with Crippen LogP contribution < -0.4 is 0 Å². The van der Waals surface area contributed by atoms with Gasteiger partial charge in [0.25, 0.3) is 0 Å². The summed E-state index contributed by atoms with van der Waals surface area (Å²) in [6, 6.07) is 66.7. The van der Waals surface area contributed by atoms with E-state index < -0.39 is 0 Å². The zero-order valence-corrected chi connectivity index (χ0v) is 27.2. The van der Waals surface area contributed by atoms with E-state index in [-0.39, 0.29) is 0 Å². The van der Waals surface area contributed by atoms with Crippen LogP contribution in [0, 0.1) is 0 Å². The molecule has 11 rings (SSSR count). The van der Waals surface area contributed by atoms with E-state index in [0.29, 0.717) is 0 Å². The highest BCUT2D eigenvalue weighted by Crippen LogP contribution is 2.48. The first-order valence-electron chi connectivity index (χ1n) is 17.3. The molecule has 0 aliphatic heterocycles. The molecule has 50 heavy (non-hydrogen) atoms. The average Bonchev–Trinajstić information content (AvgIpc) is 3.72. The zero-order chi connectivity index (χ0) is 32.8. The highest BCUT2D eigenvalue weighted by atomic mass is 15.0. The Bertz CT molecular complexity index is 3120. The Morgan fingerprint density at radius 3 is 1.68 bits per heavy atom. The summed E-state index contributed by atoms with van der Waals surface area (Å²) in [5.74, 6) is 0. The third kappa shape index (κ3) is 3.79. The summed E-state index contributed by atoms with van der Waals surface area (Å²) in [5.41, 5.74) is 9.65. The second-order valence-electron chi connectivity index (χ2n) is 13.3. The molecule has 0 unspecified atom stereocenters. The Labute approximate surface area is 288 Å². The van der Waals surface area contributed by atoms with E-state index in [9.17, 15) is 0 Å². The number of nitrogens with zero attached hydrogens (tertiary/aromatic N) is 2. The number of para-hydroxylation sites is 2. The lowest BCUT2D eigenvalue weighted by Crippen LogP contribution is -1.96. The lowest BCUT2D eigenvalue weighted by molar-refractivity contribution is 1.18. The van der Waals surface area contributed by atoms with Gasteiger partial charge in [-0.3, -0.25) is 0 Å². The maximum atomic E-state index is 2.53. The largest absolute Gasteiger partial charge is 0.309 e. The summed E-state index contributed by atoms with van der Waals surface area (Å²) in [4.78, 5) is 0. The van der Waals surface area contributed by atoms with Crippen LogP contribution >= 0.6 is 0 Å². The van der Waals surface area contributed by atoms with Crippen molar-refractivity contribution < 1.29 is 0 Å². The molecular weight excluding hydrogens is 605 g/mol. The van der Waals surface area contributed by atoms with Gasteiger partial charge in [-0.15, -0.1) is 0 Å². The topological polar surface area (TPSA) is 9.86 Å². The monoisotopic (exact) mass is 634 g/mol. The quantitative estimate of drug-likeness (QED) is 0.183. The molecule has 0 radical (unpaired) electrons. The number of benzene rings is 9. The molecule has 9 aromatic carbocycles. The van der Waals surface area contributed by atoms with Crippen LogP contribution in [0.3, 0.4) is 0 Å². The minimum Gasteiger partial charge on any atom is -0.309 e. The van der Waals surface area contributed by atoms with Crippen LogP contribution in [-0.4, -0.2) is 9.13 Å². The molecule has 0 amide bonds. The molecular formula is C48H30N2. The van der Waals surface area contributed by atoms with Crippen LogP contribution in [0.1, 0.15) is 0 Å². The van der Waals surface area contributed by atoms with Crippen molar-refractivity contribution >= 4 is 75.9 Å². The fraction of sp³-hybridized carbons (Fsp3) is 0. The van der Waals surface area contributed by atoms with Gasteiger partial charge in [0.1, 0.15) is 0 Å². The van der Waals surface area contributed by atoms with Crippen molar-refractivity contribution in [2.75, 3.05) is 0 Å². The fourth-order valence-corrected chi connectivity index (χ4v) is 8.49. The van der Waals surface area contributed by atoms with Crippen LogP contribution in [0.5, 0.6) is 0 Å². The van der Waals surface area contributed by atoms with Gasteiger partial charge in [0.2, 0.25) is 0 Å². The first-order chi connectivity index (χ1) is 24.8. The molecule has 232 valence electrons. The van der Waals surface area contributed by atoms with Crippen molar-refractivity contribution in [3.05, 3.63) is 182 Å². The summed E-state index contributed by atoms with van der Waals surface area (Å²) in [6.45, 7) is 0. The molecule has 2 heteroatoms. The minimum atomic E-state index is 1.15. The van der Waals surface area contributed by atoms with Crippen LogP contribution in [0.15, 0.2) is 182 Å². The predicted octanol–water partition coefficient (Wildman–Crippen LogP) is 13.0. The lowest BCUT2D eigenvalue weighted by atomic mass is 9.97. The van der Waals surface area contributed by atoms with Crippen molar-refractivity contribution in [1.82, 2.24) is 9.13 Å². The molecule has 0 bridgehead atoms. The Kier molecular flexibility index (Phi) is 5.70. The Balaban J connectivity index is 1.32. The third-order valence-electron chi connectivity index (χ3n) is 10.6. The number of hydrogen-bond donors (Lipinski definition) is 0. The van der Waals surface area contributed by atoms with Gasteiger partial charge in [-0.1, -0.05) is 140 Å². The number of hydrogen-bond acceptors (Lipinski definition) is 0. The van der Waals surface area contributed by atoms with E-state index in [4.69, 9.17) is 0 Å². The van der Waals surface area contributed by atoms with E-state index in [0.717, 1.165) is 11.4 Å². The van der Waals surface area contributed by atoms with Gasteiger partial charge in [0, 0.05) is 38.3 Å². The molecule has 11 aromatic rings. The molecule has 2 nitrogen and oxygen atoms in total. The Morgan fingerprint density at radius 2 is 0.860 bits per heavy atom. The van der Waals surface area contributed by atoms with Crippen molar-refractivity contribution in [3.63, 3.8) is 0 Å².